The summed E-state index contributed by atoms with van der Waals surface area (Å²) in [6.45, 7) is 8.84. The first-order valence-electron chi connectivity index (χ1n) is 10.6. The van der Waals surface area contributed by atoms with Crippen LogP contribution in [0.5, 0.6) is 0 Å². The minimum absolute atomic E-state index is 0.0339. The summed E-state index contributed by atoms with van der Waals surface area (Å²) >= 11 is 0. The SMILES string of the molecule is CC(=O)[C@]12O[C@@]1(C)C[C@H]1[C@@H]3CC[C@@H]4C[C@@H](O)CC[C@]4(C)[C@H]3CC[C@@]12C. The maximum absolute atomic E-state index is 12.6. The smallest absolute Gasteiger partial charge is 0.165 e. The number of ether oxygens (including phenoxy) is 1. The third-order valence-electron chi connectivity index (χ3n) is 10.0. The van der Waals surface area contributed by atoms with Crippen molar-refractivity contribution >= 4 is 5.78 Å². The molecule has 4 aliphatic carbocycles. The molecule has 0 amide bonds. The molecule has 25 heavy (non-hydrogen) atoms. The fourth-order valence-electron chi connectivity index (χ4n) is 8.85. The number of fused-ring (bicyclic) bond motifs is 7. The maximum Gasteiger partial charge on any atom is 0.165 e. The molecule has 0 spiro atoms. The molecule has 5 aliphatic rings. The van der Waals surface area contributed by atoms with Crippen molar-refractivity contribution in [3.05, 3.63) is 0 Å². The highest BCUT2D eigenvalue weighted by Crippen LogP contribution is 2.77. The Morgan fingerprint density at radius 1 is 1.04 bits per heavy atom. The van der Waals surface area contributed by atoms with Crippen LogP contribution in [-0.4, -0.2) is 28.2 Å². The quantitative estimate of drug-likeness (QED) is 0.727. The molecule has 5 rings (SSSR count). The third-order valence-corrected chi connectivity index (χ3v) is 10.0. The van der Waals surface area contributed by atoms with Gasteiger partial charge in [0.15, 0.2) is 11.4 Å². The van der Waals surface area contributed by atoms with Gasteiger partial charge in [0.05, 0.1) is 6.10 Å². The van der Waals surface area contributed by atoms with E-state index in [1.807, 2.05) is 0 Å². The number of epoxide rings is 1. The summed E-state index contributed by atoms with van der Waals surface area (Å²) in [4.78, 5) is 12.6. The van der Waals surface area contributed by atoms with Crippen LogP contribution >= 0.6 is 0 Å². The van der Waals surface area contributed by atoms with Crippen LogP contribution in [0, 0.1) is 34.5 Å². The molecule has 5 fully saturated rings. The zero-order valence-corrected chi connectivity index (χ0v) is 16.3. The van der Waals surface area contributed by atoms with Gasteiger partial charge in [0, 0.05) is 5.41 Å². The molecule has 3 heteroatoms. The molecule has 140 valence electrons. The van der Waals surface area contributed by atoms with E-state index in [1.54, 1.807) is 6.92 Å². The number of hydrogen-bond acceptors (Lipinski definition) is 3. The molecular weight excluding hydrogens is 312 g/mol. The van der Waals surface area contributed by atoms with Gasteiger partial charge < -0.3 is 9.84 Å². The van der Waals surface area contributed by atoms with Gasteiger partial charge >= 0.3 is 0 Å². The predicted molar refractivity (Wildman–Crippen MR) is 96.0 cm³/mol. The Kier molecular flexibility index (Phi) is 3.15. The van der Waals surface area contributed by atoms with Gasteiger partial charge in [0.25, 0.3) is 0 Å². The molecule has 0 unspecified atom stereocenters. The van der Waals surface area contributed by atoms with Gasteiger partial charge in [-0.25, -0.2) is 0 Å². The van der Waals surface area contributed by atoms with Crippen molar-refractivity contribution in [1.29, 1.82) is 0 Å². The van der Waals surface area contributed by atoms with E-state index in [0.717, 1.165) is 37.5 Å². The van der Waals surface area contributed by atoms with Crippen LogP contribution in [-0.2, 0) is 9.53 Å². The van der Waals surface area contributed by atoms with Crippen LogP contribution in [0.25, 0.3) is 0 Å². The molecule has 1 saturated heterocycles. The van der Waals surface area contributed by atoms with Crippen molar-refractivity contribution in [3.63, 3.8) is 0 Å². The average molecular weight is 347 g/mol. The van der Waals surface area contributed by atoms with Crippen molar-refractivity contribution in [3.8, 4) is 0 Å². The zero-order chi connectivity index (χ0) is 17.8. The predicted octanol–water partition coefficient (Wildman–Crippen LogP) is 4.12. The lowest BCUT2D eigenvalue weighted by molar-refractivity contribution is -0.152. The largest absolute Gasteiger partial charge is 0.393 e. The summed E-state index contributed by atoms with van der Waals surface area (Å²) in [7, 11) is 0. The number of rotatable bonds is 1. The third kappa shape index (κ3) is 1.74. The van der Waals surface area contributed by atoms with Gasteiger partial charge in [-0.05, 0) is 94.3 Å². The first kappa shape index (κ1) is 16.7. The van der Waals surface area contributed by atoms with E-state index in [0.29, 0.717) is 17.3 Å². The van der Waals surface area contributed by atoms with Crippen LogP contribution in [0.4, 0.5) is 0 Å². The Hall–Kier alpha value is -0.410. The summed E-state index contributed by atoms with van der Waals surface area (Å²) in [6.07, 6.45) is 9.14. The molecule has 0 aromatic rings. The standard InChI is InChI=1S/C22H34O3/c1-13(23)22-20(3)10-8-17-16(18(20)12-21(22,4)25-22)6-5-14-11-15(24)7-9-19(14,17)2/h14-18,24H,5-12H2,1-4H3/t14-,15+,16-,17+,18+,19+,20+,21+,22-/m1/s1. The Morgan fingerprint density at radius 2 is 1.80 bits per heavy atom. The highest BCUT2D eigenvalue weighted by Gasteiger charge is 2.85. The van der Waals surface area contributed by atoms with Crippen molar-refractivity contribution < 1.29 is 14.6 Å². The van der Waals surface area contributed by atoms with E-state index in [9.17, 15) is 9.90 Å². The topological polar surface area (TPSA) is 49.8 Å². The van der Waals surface area contributed by atoms with Crippen LogP contribution in [0.2, 0.25) is 0 Å². The van der Waals surface area contributed by atoms with Crippen LogP contribution in [0.1, 0.15) is 79.1 Å². The molecule has 0 bridgehead atoms. The molecule has 1 N–H and O–H groups in total. The minimum Gasteiger partial charge on any atom is -0.393 e. The monoisotopic (exact) mass is 346 g/mol. The fraction of sp³-hybridized carbons (Fsp3) is 0.955. The highest BCUT2D eigenvalue weighted by atomic mass is 16.6. The number of aliphatic hydroxyl groups is 1. The van der Waals surface area contributed by atoms with Crippen molar-refractivity contribution in [2.24, 2.45) is 34.5 Å². The van der Waals surface area contributed by atoms with Gasteiger partial charge in [-0.15, -0.1) is 0 Å². The van der Waals surface area contributed by atoms with Gasteiger partial charge in [0.1, 0.15) is 5.60 Å². The van der Waals surface area contributed by atoms with E-state index < -0.39 is 5.60 Å². The number of carbonyl (C=O) groups is 1. The number of ketones is 1. The average Bonchev–Trinajstić information content (AvgIpc) is 3.13. The summed E-state index contributed by atoms with van der Waals surface area (Å²) in [5, 5.41) is 10.2. The molecule has 4 saturated carbocycles. The summed E-state index contributed by atoms with van der Waals surface area (Å²) in [6, 6.07) is 0. The Labute approximate surface area is 151 Å². The first-order chi connectivity index (χ1) is 11.7. The molecule has 1 aliphatic heterocycles. The van der Waals surface area contributed by atoms with Crippen LogP contribution < -0.4 is 0 Å². The second kappa shape index (κ2) is 4.70. The molecule has 3 nitrogen and oxygen atoms in total. The Morgan fingerprint density at radius 3 is 2.52 bits per heavy atom. The molecule has 0 radical (unpaired) electrons. The lowest BCUT2D eigenvalue weighted by atomic mass is 9.44. The van der Waals surface area contributed by atoms with E-state index in [-0.39, 0.29) is 22.9 Å². The van der Waals surface area contributed by atoms with Gasteiger partial charge in [-0.3, -0.25) is 4.79 Å². The van der Waals surface area contributed by atoms with Crippen molar-refractivity contribution in [1.82, 2.24) is 0 Å². The summed E-state index contributed by atoms with van der Waals surface area (Å²) in [5.74, 6) is 3.13. The van der Waals surface area contributed by atoms with Gasteiger partial charge in [-0.2, -0.15) is 0 Å². The van der Waals surface area contributed by atoms with Gasteiger partial charge in [-0.1, -0.05) is 13.8 Å². The summed E-state index contributed by atoms with van der Waals surface area (Å²) < 4.78 is 6.20. The number of Topliss-reactive ketones (excluding diaryl/α,β-unsaturated/α-hetero) is 1. The maximum atomic E-state index is 12.6. The van der Waals surface area contributed by atoms with Crippen LogP contribution in [0.3, 0.4) is 0 Å². The molecule has 0 aromatic heterocycles. The lowest BCUT2D eigenvalue weighted by Crippen LogP contribution is -2.56. The second-order valence-corrected chi connectivity index (χ2v) is 10.8. The number of carbonyl (C=O) groups excluding carboxylic acids is 1. The van der Waals surface area contributed by atoms with Crippen LogP contribution in [0.15, 0.2) is 0 Å². The number of aliphatic hydroxyl groups excluding tert-OH is 1. The van der Waals surface area contributed by atoms with E-state index >= 15 is 0 Å². The minimum atomic E-state index is -0.490. The Bertz CT molecular complexity index is 631. The van der Waals surface area contributed by atoms with Crippen molar-refractivity contribution in [2.45, 2.75) is 96.4 Å². The molecule has 1 heterocycles. The van der Waals surface area contributed by atoms with Gasteiger partial charge in [0.2, 0.25) is 0 Å². The highest BCUT2D eigenvalue weighted by molar-refractivity contribution is 5.91. The molecule has 0 aromatic carbocycles. The Balaban J connectivity index is 1.49. The zero-order valence-electron chi connectivity index (χ0n) is 16.3. The fourth-order valence-corrected chi connectivity index (χ4v) is 8.85. The van der Waals surface area contributed by atoms with Crippen molar-refractivity contribution in [2.75, 3.05) is 0 Å². The second-order valence-electron chi connectivity index (χ2n) is 10.8. The molecular formula is C22H34O3. The molecule has 9 atom stereocenters. The lowest BCUT2D eigenvalue weighted by Gasteiger charge is -2.61. The number of hydrogen-bond donors (Lipinski definition) is 1. The first-order valence-corrected chi connectivity index (χ1v) is 10.6. The van der Waals surface area contributed by atoms with E-state index in [4.69, 9.17) is 4.74 Å². The van der Waals surface area contributed by atoms with E-state index in [1.165, 1.54) is 25.7 Å². The summed E-state index contributed by atoms with van der Waals surface area (Å²) in [5.41, 5.74) is -0.253. The van der Waals surface area contributed by atoms with E-state index in [2.05, 4.69) is 20.8 Å². The normalized spacial score (nSPS) is 62.4.